The van der Waals surface area contributed by atoms with E-state index in [1.54, 1.807) is 30.3 Å². The average Bonchev–Trinajstić information content (AvgIpc) is 3.58. The molecule has 4 N–H and O–H groups in total. The number of hydrogen-bond acceptors (Lipinski definition) is 9. The number of hydrogen-bond donors (Lipinski definition) is 4. The zero-order chi connectivity index (χ0) is 33.2. The van der Waals surface area contributed by atoms with Crippen molar-refractivity contribution in [1.82, 2.24) is 25.3 Å². The maximum absolute atomic E-state index is 14.3. The summed E-state index contributed by atoms with van der Waals surface area (Å²) in [6, 6.07) is 10.9. The Bertz CT molecular complexity index is 1500. The van der Waals surface area contributed by atoms with E-state index >= 15 is 0 Å². The lowest BCUT2D eigenvalue weighted by atomic mass is 10.0. The van der Waals surface area contributed by atoms with Crippen molar-refractivity contribution in [1.29, 1.82) is 0 Å². The number of aliphatic hydroxyl groups is 2. The molecule has 0 radical (unpaired) electrons. The lowest BCUT2D eigenvalue weighted by Crippen LogP contribution is -2.64. The Morgan fingerprint density at radius 2 is 1.79 bits per heavy atom. The molecule has 4 aliphatic rings. The quantitative estimate of drug-likeness (QED) is 0.333. The molecule has 0 aromatic heterocycles. The molecule has 4 aliphatic heterocycles. The van der Waals surface area contributed by atoms with Crippen molar-refractivity contribution < 1.29 is 43.3 Å². The fourth-order valence-corrected chi connectivity index (χ4v) is 6.84. The van der Waals surface area contributed by atoms with Crippen LogP contribution in [0.2, 0.25) is 5.02 Å². The predicted molar refractivity (Wildman–Crippen MR) is 164 cm³/mol. The molecule has 47 heavy (non-hydrogen) atoms. The number of rotatable bonds is 5. The summed E-state index contributed by atoms with van der Waals surface area (Å²) in [5.41, 5.74) is 0.580. The Morgan fingerprint density at radius 3 is 2.55 bits per heavy atom. The Kier molecular flexibility index (Phi) is 9.94. The normalized spacial score (nSPS) is 30.2. The molecule has 4 fully saturated rings. The minimum Gasteiger partial charge on any atom is -0.484 e. The molecule has 2 aromatic rings. The summed E-state index contributed by atoms with van der Waals surface area (Å²) in [5, 5.41) is 26.8. The number of ether oxygens (including phenoxy) is 2. The van der Waals surface area contributed by atoms with E-state index in [4.69, 9.17) is 21.1 Å². The van der Waals surface area contributed by atoms with Gasteiger partial charge in [-0.15, -0.1) is 0 Å². The van der Waals surface area contributed by atoms with E-state index in [1.807, 2.05) is 11.0 Å². The molecule has 0 unspecified atom stereocenters. The molecule has 4 saturated heterocycles. The number of nitrogens with one attached hydrogen (secondary N) is 2. The summed E-state index contributed by atoms with van der Waals surface area (Å²) >= 11 is 5.88. The van der Waals surface area contributed by atoms with E-state index in [-0.39, 0.29) is 69.6 Å². The molecule has 0 saturated carbocycles. The van der Waals surface area contributed by atoms with Crippen LogP contribution in [0, 0.1) is 5.82 Å². The topological polar surface area (TPSA) is 161 Å². The average molecular weight is 674 g/mol. The van der Waals surface area contributed by atoms with Crippen molar-refractivity contribution in [2.75, 3.05) is 39.3 Å². The number of carbonyl (C=O) groups excluding carboxylic acids is 4. The molecule has 2 aromatic carbocycles. The van der Waals surface area contributed by atoms with Gasteiger partial charge in [-0.3, -0.25) is 24.1 Å². The Labute approximate surface area is 275 Å². The number of nitrogens with zero attached hydrogens (tertiary/aromatic N) is 3. The molecule has 4 amide bonds. The largest absolute Gasteiger partial charge is 0.484 e. The van der Waals surface area contributed by atoms with E-state index in [0.29, 0.717) is 11.3 Å². The van der Waals surface area contributed by atoms with Crippen LogP contribution in [-0.4, -0.2) is 130 Å². The summed E-state index contributed by atoms with van der Waals surface area (Å²) in [7, 11) is 0. The molecule has 15 heteroatoms. The van der Waals surface area contributed by atoms with Crippen molar-refractivity contribution in [2.45, 2.75) is 61.9 Å². The number of halogens is 2. The lowest BCUT2D eigenvalue weighted by Gasteiger charge is -2.42. The SMILES string of the molecule is O=C1C[C@@H]2O[C@H](CNC(=O)[C@@H]3CN(CCN3C(=O)COc3ccccc3)C(=O)[C@@H]3C[C@@H](CN3Cc3ccc(Cl)c(F)c3)N1)[C@@H](O)[C@H]2O. The first kappa shape index (κ1) is 33.1. The third-order valence-corrected chi connectivity index (χ3v) is 9.48. The first-order chi connectivity index (χ1) is 22.6. The van der Waals surface area contributed by atoms with Crippen LogP contribution in [0.1, 0.15) is 18.4 Å². The molecule has 4 heterocycles. The number of fused-ring (bicyclic) bond motifs is 6. The summed E-state index contributed by atoms with van der Waals surface area (Å²) in [4.78, 5) is 58.9. The number of aliphatic hydroxyl groups excluding tert-OH is 2. The number of amides is 4. The summed E-state index contributed by atoms with van der Waals surface area (Å²) in [6.07, 6.45) is -4.77. The highest BCUT2D eigenvalue weighted by Crippen LogP contribution is 2.28. The van der Waals surface area contributed by atoms with Crippen molar-refractivity contribution >= 4 is 35.2 Å². The Hall–Kier alpha value is -3.82. The number of piperazine rings is 1. The number of benzene rings is 2. The summed E-state index contributed by atoms with van der Waals surface area (Å²) < 4.78 is 25.7. The lowest BCUT2D eigenvalue weighted by molar-refractivity contribution is -0.151. The number of para-hydroxylation sites is 1. The minimum atomic E-state index is -1.37. The second-order valence-corrected chi connectivity index (χ2v) is 12.7. The number of likely N-dealkylation sites (tertiary alicyclic amines) is 1. The molecular weight excluding hydrogens is 637 g/mol. The van der Waals surface area contributed by atoms with Gasteiger partial charge in [-0.1, -0.05) is 35.9 Å². The monoisotopic (exact) mass is 673 g/mol. The van der Waals surface area contributed by atoms with Crippen LogP contribution in [-0.2, 0) is 30.5 Å². The highest BCUT2D eigenvalue weighted by Gasteiger charge is 2.47. The minimum absolute atomic E-state index is 0.0279. The smallest absolute Gasteiger partial charge is 0.261 e. The van der Waals surface area contributed by atoms with Gasteiger partial charge in [-0.2, -0.15) is 0 Å². The van der Waals surface area contributed by atoms with Crippen LogP contribution < -0.4 is 15.4 Å². The molecule has 6 bridgehead atoms. The molecule has 13 nitrogen and oxygen atoms in total. The molecule has 6 rings (SSSR count). The van der Waals surface area contributed by atoms with E-state index in [2.05, 4.69) is 10.6 Å². The van der Waals surface area contributed by atoms with Gasteiger partial charge in [-0.25, -0.2) is 4.39 Å². The van der Waals surface area contributed by atoms with E-state index < -0.39 is 66.1 Å². The molecular formula is C32H37ClFN5O8. The number of carbonyl (C=O) groups is 4. The van der Waals surface area contributed by atoms with Gasteiger partial charge in [0.05, 0.1) is 30.1 Å². The van der Waals surface area contributed by atoms with Crippen LogP contribution in [0.5, 0.6) is 5.75 Å². The van der Waals surface area contributed by atoms with Gasteiger partial charge in [0, 0.05) is 38.8 Å². The predicted octanol–water partition coefficient (Wildman–Crippen LogP) is -0.334. The van der Waals surface area contributed by atoms with Gasteiger partial charge in [-0.05, 0) is 36.2 Å². The second kappa shape index (κ2) is 14.1. The molecule has 0 aliphatic carbocycles. The summed E-state index contributed by atoms with van der Waals surface area (Å²) in [5.74, 6) is -1.85. The van der Waals surface area contributed by atoms with Gasteiger partial charge in [0.15, 0.2) is 6.61 Å². The van der Waals surface area contributed by atoms with Crippen LogP contribution in [0.15, 0.2) is 48.5 Å². The third-order valence-electron chi connectivity index (χ3n) is 9.17. The standard InChI is InChI=1S/C32H37ClFN5O8/c33-21-7-6-18(10-22(21)34)14-38-15-19-11-23(38)32(45)37-8-9-39(28(41)17-46-20-4-2-1-3-5-20)24(16-37)31(44)35-13-26-30(43)29(42)25(47-26)12-27(40)36-19/h1-7,10,19,23-26,29-30,42-43H,8-9,11-17H2,(H,35,44)(H,36,40)/t19-,23-,24-,25-,26+,29-,30+/m0/s1. The van der Waals surface area contributed by atoms with E-state index in [0.717, 1.165) is 0 Å². The highest BCUT2D eigenvalue weighted by atomic mass is 35.5. The van der Waals surface area contributed by atoms with Crippen molar-refractivity contribution in [2.24, 2.45) is 0 Å². The first-order valence-electron chi connectivity index (χ1n) is 15.6. The van der Waals surface area contributed by atoms with Crippen molar-refractivity contribution in [3.8, 4) is 5.75 Å². The maximum atomic E-state index is 14.3. The fourth-order valence-electron chi connectivity index (χ4n) is 6.73. The zero-order valence-electron chi connectivity index (χ0n) is 25.5. The van der Waals surface area contributed by atoms with Crippen LogP contribution in [0.3, 0.4) is 0 Å². The van der Waals surface area contributed by atoms with Crippen LogP contribution in [0.25, 0.3) is 0 Å². The molecule has 0 spiro atoms. The first-order valence-corrected chi connectivity index (χ1v) is 16.0. The van der Waals surface area contributed by atoms with Gasteiger partial charge < -0.3 is 40.1 Å². The second-order valence-electron chi connectivity index (χ2n) is 12.3. The van der Waals surface area contributed by atoms with Gasteiger partial charge >= 0.3 is 0 Å². The maximum Gasteiger partial charge on any atom is 0.261 e. The van der Waals surface area contributed by atoms with Crippen LogP contribution >= 0.6 is 11.6 Å². The van der Waals surface area contributed by atoms with Gasteiger partial charge in [0.1, 0.15) is 35.9 Å². The Balaban J connectivity index is 1.26. The van der Waals surface area contributed by atoms with E-state index in [1.165, 1.54) is 21.9 Å². The zero-order valence-corrected chi connectivity index (χ0v) is 26.2. The van der Waals surface area contributed by atoms with Crippen LogP contribution in [0.4, 0.5) is 4.39 Å². The van der Waals surface area contributed by atoms with Gasteiger partial charge in [0.25, 0.3) is 5.91 Å². The fraction of sp³-hybridized carbons (Fsp3) is 0.500. The highest BCUT2D eigenvalue weighted by molar-refractivity contribution is 6.30. The van der Waals surface area contributed by atoms with E-state index in [9.17, 15) is 33.8 Å². The van der Waals surface area contributed by atoms with Crippen molar-refractivity contribution in [3.63, 3.8) is 0 Å². The third kappa shape index (κ3) is 7.36. The summed E-state index contributed by atoms with van der Waals surface area (Å²) in [6.45, 7) is 0.0278. The van der Waals surface area contributed by atoms with Gasteiger partial charge in [0.2, 0.25) is 17.7 Å². The molecule has 252 valence electrons. The Morgan fingerprint density at radius 1 is 1.02 bits per heavy atom. The molecule has 7 atom stereocenters. The van der Waals surface area contributed by atoms with Crippen molar-refractivity contribution in [3.05, 3.63) is 64.9 Å².